The molecule has 116 valence electrons. The molecular formula is C14H17F3N2O2. The lowest BCUT2D eigenvalue weighted by Gasteiger charge is -2.23. The minimum Gasteiger partial charge on any atom is -0.497 e. The Kier molecular flexibility index (Phi) is 5.85. The van der Waals surface area contributed by atoms with Crippen LogP contribution in [-0.4, -0.2) is 44.7 Å². The van der Waals surface area contributed by atoms with Crippen molar-refractivity contribution < 1.29 is 22.6 Å². The van der Waals surface area contributed by atoms with Crippen molar-refractivity contribution in [2.24, 2.45) is 0 Å². The number of alkyl halides is 2. The van der Waals surface area contributed by atoms with Crippen LogP contribution in [0, 0.1) is 17.1 Å². The third kappa shape index (κ3) is 4.83. The number of rotatable bonds is 7. The molecule has 0 bridgehead atoms. The van der Waals surface area contributed by atoms with E-state index in [9.17, 15) is 13.2 Å². The lowest BCUT2D eigenvalue weighted by atomic mass is 10.2. The predicted molar refractivity (Wildman–Crippen MR) is 71.3 cm³/mol. The largest absolute Gasteiger partial charge is 0.497 e. The van der Waals surface area contributed by atoms with E-state index in [-0.39, 0.29) is 11.5 Å². The maximum Gasteiger partial charge on any atom is 0.293 e. The van der Waals surface area contributed by atoms with E-state index in [1.165, 1.54) is 18.1 Å². The van der Waals surface area contributed by atoms with E-state index >= 15 is 0 Å². The summed E-state index contributed by atoms with van der Waals surface area (Å²) in [6, 6.07) is 3.80. The van der Waals surface area contributed by atoms with Gasteiger partial charge in [0, 0.05) is 12.1 Å². The van der Waals surface area contributed by atoms with E-state index in [2.05, 4.69) is 0 Å². The first-order valence-electron chi connectivity index (χ1n) is 6.29. The van der Waals surface area contributed by atoms with Crippen molar-refractivity contribution in [1.29, 1.82) is 5.26 Å². The first-order chi connectivity index (χ1) is 9.82. The Morgan fingerprint density at radius 2 is 2.05 bits per heavy atom. The molecule has 1 aromatic rings. The molecule has 1 aromatic carbocycles. The van der Waals surface area contributed by atoms with Crippen molar-refractivity contribution in [3.8, 4) is 17.6 Å². The van der Waals surface area contributed by atoms with Gasteiger partial charge in [0.25, 0.3) is 5.92 Å². The fraction of sp³-hybridized carbons (Fsp3) is 0.500. The molecule has 7 heteroatoms. The van der Waals surface area contributed by atoms with Crippen LogP contribution in [-0.2, 0) is 0 Å². The fourth-order valence-corrected chi connectivity index (χ4v) is 1.63. The predicted octanol–water partition coefficient (Wildman–Crippen LogP) is 2.67. The lowest BCUT2D eigenvalue weighted by Crippen LogP contribution is -2.39. The molecule has 4 nitrogen and oxygen atoms in total. The number of methoxy groups -OCH3 is 1. The summed E-state index contributed by atoms with van der Waals surface area (Å²) in [6.07, 6.45) is 0. The zero-order valence-corrected chi connectivity index (χ0v) is 12.1. The standard InChI is InChI=1S/C14H17F3N2O2/c1-4-19(2)8-14(16,17)9-21-13-6-10(20-3)5-12(15)11(13)7-18/h5-6H,4,8-9H2,1-3H3. The monoisotopic (exact) mass is 302 g/mol. The van der Waals surface area contributed by atoms with Crippen LogP contribution in [0.4, 0.5) is 13.2 Å². The van der Waals surface area contributed by atoms with Crippen LogP contribution in [0.2, 0.25) is 0 Å². The lowest BCUT2D eigenvalue weighted by molar-refractivity contribution is -0.0604. The molecule has 0 fully saturated rings. The van der Waals surface area contributed by atoms with Gasteiger partial charge in [-0.25, -0.2) is 13.2 Å². The van der Waals surface area contributed by atoms with Gasteiger partial charge in [0.15, 0.2) is 6.61 Å². The molecule has 0 amide bonds. The van der Waals surface area contributed by atoms with E-state index in [0.29, 0.717) is 6.54 Å². The molecule has 1 rings (SSSR count). The number of hydrogen-bond acceptors (Lipinski definition) is 4. The third-order valence-electron chi connectivity index (χ3n) is 2.85. The maximum atomic E-state index is 13.7. The zero-order valence-electron chi connectivity index (χ0n) is 12.1. The van der Waals surface area contributed by atoms with Crippen molar-refractivity contribution in [2.75, 3.05) is 33.9 Å². The van der Waals surface area contributed by atoms with Crippen molar-refractivity contribution in [3.05, 3.63) is 23.5 Å². The highest BCUT2D eigenvalue weighted by Crippen LogP contribution is 2.28. The van der Waals surface area contributed by atoms with Crippen LogP contribution in [0.15, 0.2) is 12.1 Å². The number of benzene rings is 1. The van der Waals surface area contributed by atoms with Crippen molar-refractivity contribution in [1.82, 2.24) is 4.90 Å². The average molecular weight is 302 g/mol. The molecule has 0 saturated carbocycles. The van der Waals surface area contributed by atoms with Crippen molar-refractivity contribution >= 4 is 0 Å². The van der Waals surface area contributed by atoms with Crippen LogP contribution in [0.1, 0.15) is 12.5 Å². The van der Waals surface area contributed by atoms with E-state index < -0.39 is 30.5 Å². The van der Waals surface area contributed by atoms with Gasteiger partial charge < -0.3 is 14.4 Å². The normalized spacial score (nSPS) is 11.3. The summed E-state index contributed by atoms with van der Waals surface area (Å²) in [5, 5.41) is 8.87. The minimum atomic E-state index is -3.11. The second kappa shape index (κ2) is 7.18. The molecule has 0 radical (unpaired) electrons. The summed E-state index contributed by atoms with van der Waals surface area (Å²) < 4.78 is 50.8. The number of nitriles is 1. The summed E-state index contributed by atoms with van der Waals surface area (Å²) in [5.41, 5.74) is -0.421. The summed E-state index contributed by atoms with van der Waals surface area (Å²) in [5.74, 6) is -4.15. The van der Waals surface area contributed by atoms with Gasteiger partial charge in [0.05, 0.1) is 13.7 Å². The van der Waals surface area contributed by atoms with E-state index in [0.717, 1.165) is 6.07 Å². The van der Waals surface area contributed by atoms with Gasteiger partial charge in [0.1, 0.15) is 28.9 Å². The van der Waals surface area contributed by atoms with Crippen LogP contribution in [0.3, 0.4) is 0 Å². The van der Waals surface area contributed by atoms with Crippen LogP contribution in [0.5, 0.6) is 11.5 Å². The molecule has 0 saturated heterocycles. The summed E-state index contributed by atoms with van der Waals surface area (Å²) in [7, 11) is 2.86. The SMILES string of the molecule is CCN(C)CC(F)(F)COc1cc(OC)cc(F)c1C#N. The van der Waals surface area contributed by atoms with Gasteiger partial charge in [-0.3, -0.25) is 0 Å². The Morgan fingerprint density at radius 3 is 2.57 bits per heavy atom. The molecule has 0 N–H and O–H groups in total. The molecular weight excluding hydrogens is 285 g/mol. The van der Waals surface area contributed by atoms with Gasteiger partial charge >= 0.3 is 0 Å². The quantitative estimate of drug-likeness (QED) is 0.777. The van der Waals surface area contributed by atoms with Crippen LogP contribution >= 0.6 is 0 Å². The van der Waals surface area contributed by atoms with Crippen molar-refractivity contribution in [2.45, 2.75) is 12.8 Å². The molecule has 0 atom stereocenters. The number of halogens is 3. The molecule has 0 aliphatic carbocycles. The number of ether oxygens (including phenoxy) is 2. The van der Waals surface area contributed by atoms with E-state index in [4.69, 9.17) is 14.7 Å². The minimum absolute atomic E-state index is 0.0930. The molecule has 0 heterocycles. The van der Waals surface area contributed by atoms with Gasteiger partial charge in [-0.2, -0.15) is 5.26 Å². The molecule has 0 aromatic heterocycles. The first kappa shape index (κ1) is 17.1. The highest BCUT2D eigenvalue weighted by Gasteiger charge is 2.32. The maximum absolute atomic E-state index is 13.7. The molecule has 0 aliphatic rings. The summed E-state index contributed by atoms with van der Waals surface area (Å²) >= 11 is 0. The summed E-state index contributed by atoms with van der Waals surface area (Å²) in [4.78, 5) is 1.43. The first-order valence-corrected chi connectivity index (χ1v) is 6.29. The second-order valence-electron chi connectivity index (χ2n) is 4.57. The zero-order chi connectivity index (χ0) is 16.0. The molecule has 21 heavy (non-hydrogen) atoms. The Hall–Kier alpha value is -1.94. The van der Waals surface area contributed by atoms with Gasteiger partial charge in [-0.1, -0.05) is 6.92 Å². The van der Waals surface area contributed by atoms with Crippen molar-refractivity contribution in [3.63, 3.8) is 0 Å². The van der Waals surface area contributed by atoms with Crippen LogP contribution in [0.25, 0.3) is 0 Å². The van der Waals surface area contributed by atoms with E-state index in [1.54, 1.807) is 20.0 Å². The smallest absolute Gasteiger partial charge is 0.293 e. The highest BCUT2D eigenvalue weighted by molar-refractivity contribution is 5.48. The fourth-order valence-electron chi connectivity index (χ4n) is 1.63. The van der Waals surface area contributed by atoms with Gasteiger partial charge in [0.2, 0.25) is 0 Å². The van der Waals surface area contributed by atoms with Crippen LogP contribution < -0.4 is 9.47 Å². The van der Waals surface area contributed by atoms with Gasteiger partial charge in [-0.15, -0.1) is 0 Å². The highest BCUT2D eigenvalue weighted by atomic mass is 19.3. The topological polar surface area (TPSA) is 45.5 Å². The number of nitrogens with zero attached hydrogens (tertiary/aromatic N) is 2. The molecule has 0 aliphatic heterocycles. The number of hydrogen-bond donors (Lipinski definition) is 0. The molecule has 0 spiro atoms. The summed E-state index contributed by atoms with van der Waals surface area (Å²) in [6.45, 7) is 0.783. The Labute approximate surface area is 121 Å². The second-order valence-corrected chi connectivity index (χ2v) is 4.57. The van der Waals surface area contributed by atoms with Gasteiger partial charge in [-0.05, 0) is 13.6 Å². The average Bonchev–Trinajstić information content (AvgIpc) is 2.44. The third-order valence-corrected chi connectivity index (χ3v) is 2.85. The Morgan fingerprint density at radius 1 is 1.38 bits per heavy atom. The molecule has 0 unspecified atom stereocenters. The van der Waals surface area contributed by atoms with E-state index in [1.807, 2.05) is 0 Å². The Bertz CT molecular complexity index is 530. The Balaban J connectivity index is 2.88.